The first-order valence-corrected chi connectivity index (χ1v) is 10.1. The molecule has 0 atom stereocenters. The lowest BCUT2D eigenvalue weighted by Gasteiger charge is -2.27. The van der Waals surface area contributed by atoms with Gasteiger partial charge in [0.2, 0.25) is 0 Å². The van der Waals surface area contributed by atoms with Crippen LogP contribution in [-0.4, -0.2) is 41.5 Å². The van der Waals surface area contributed by atoms with Gasteiger partial charge in [-0.05, 0) is 40.5 Å². The van der Waals surface area contributed by atoms with Crippen molar-refractivity contribution in [2.45, 2.75) is 79.2 Å². The van der Waals surface area contributed by atoms with Gasteiger partial charge in [0, 0.05) is 0 Å². The Bertz CT molecular complexity index is 618. The van der Waals surface area contributed by atoms with Gasteiger partial charge in [0.05, 0.1) is 17.9 Å². The Balaban J connectivity index is 5.49. The zero-order valence-electron chi connectivity index (χ0n) is 16.5. The quantitative estimate of drug-likeness (QED) is 0.274. The summed E-state index contributed by atoms with van der Waals surface area (Å²) < 4.78 is 43.1. The maximum absolute atomic E-state index is 12.2. The average molecular weight is 394 g/mol. The molecule has 0 unspecified atom stereocenters. The minimum atomic E-state index is -4.97. The number of ether oxygens (including phenoxy) is 2. The van der Waals surface area contributed by atoms with Crippen molar-refractivity contribution < 1.29 is 32.0 Å². The highest BCUT2D eigenvalue weighted by atomic mass is 32.2. The molecule has 8 nitrogen and oxygen atoms in total. The van der Waals surface area contributed by atoms with Crippen LogP contribution in [0.25, 0.3) is 0 Å². The van der Waals surface area contributed by atoms with Gasteiger partial charge in [-0.15, -0.1) is 0 Å². The number of carbonyl (C=O) groups excluding carboxylic acids is 2. The molecule has 0 spiro atoms. The van der Waals surface area contributed by atoms with Crippen molar-refractivity contribution in [3.8, 4) is 0 Å². The molecule has 0 aromatic carbocycles. The zero-order chi connectivity index (χ0) is 20.5. The number of unbranched alkanes of at least 4 members (excludes halogenated alkanes) is 3. The van der Waals surface area contributed by atoms with Crippen molar-refractivity contribution >= 4 is 22.4 Å². The summed E-state index contributed by atoms with van der Waals surface area (Å²) in [7, 11) is -4.97. The number of hydrogen-bond acceptors (Lipinski definition) is 6. The van der Waals surface area contributed by atoms with Crippen molar-refractivity contribution in [1.82, 2.24) is 4.31 Å². The van der Waals surface area contributed by atoms with E-state index in [1.54, 1.807) is 27.7 Å². The van der Waals surface area contributed by atoms with E-state index in [9.17, 15) is 22.6 Å². The summed E-state index contributed by atoms with van der Waals surface area (Å²) in [5.41, 5.74) is -1.25. The van der Waals surface area contributed by atoms with E-state index < -0.39 is 28.0 Å². The zero-order valence-corrected chi connectivity index (χ0v) is 17.3. The molecule has 1 N–H and O–H groups in total. The van der Waals surface area contributed by atoms with E-state index in [-0.39, 0.29) is 28.6 Å². The highest BCUT2D eigenvalue weighted by Crippen LogP contribution is 2.22. The topological polar surface area (TPSA) is 110 Å². The second-order valence-corrected chi connectivity index (χ2v) is 8.11. The second kappa shape index (κ2) is 10.5. The van der Waals surface area contributed by atoms with Crippen LogP contribution in [0.4, 0.5) is 4.79 Å². The fourth-order valence-electron chi connectivity index (χ4n) is 2.13. The molecule has 0 saturated carbocycles. The number of hydrogen-bond donors (Lipinski definition) is 1. The van der Waals surface area contributed by atoms with E-state index in [0.29, 0.717) is 6.42 Å². The van der Waals surface area contributed by atoms with E-state index in [1.807, 2.05) is 0 Å². The Morgan fingerprint density at radius 3 is 2.08 bits per heavy atom. The van der Waals surface area contributed by atoms with Crippen LogP contribution in [0.3, 0.4) is 0 Å². The van der Waals surface area contributed by atoms with Gasteiger partial charge in [-0.25, -0.2) is 9.59 Å². The van der Waals surface area contributed by atoms with Gasteiger partial charge in [-0.2, -0.15) is 12.7 Å². The van der Waals surface area contributed by atoms with Gasteiger partial charge >= 0.3 is 22.4 Å². The first-order valence-electron chi connectivity index (χ1n) is 8.72. The van der Waals surface area contributed by atoms with Gasteiger partial charge in [0.15, 0.2) is 0 Å². The Kier molecular flexibility index (Phi) is 9.87. The Hall–Kier alpha value is -1.61. The molecule has 0 fully saturated rings. The molecule has 0 aliphatic carbocycles. The van der Waals surface area contributed by atoms with Crippen LogP contribution in [0.1, 0.15) is 73.6 Å². The minimum absolute atomic E-state index is 0.00417. The minimum Gasteiger partial charge on any atom is -0.462 e. The van der Waals surface area contributed by atoms with Crippen LogP contribution in [0.5, 0.6) is 0 Å². The largest absolute Gasteiger partial charge is 0.462 e. The van der Waals surface area contributed by atoms with E-state index in [0.717, 1.165) is 19.3 Å². The first kappa shape index (κ1) is 24.4. The molecule has 0 aromatic rings. The molecule has 0 heterocycles. The molecule has 152 valence electrons. The van der Waals surface area contributed by atoms with Gasteiger partial charge in [0.1, 0.15) is 5.60 Å². The normalized spacial score (nSPS) is 13.0. The van der Waals surface area contributed by atoms with Crippen molar-refractivity contribution in [2.75, 3.05) is 6.61 Å². The molecular formula is C17H31NO7S. The van der Waals surface area contributed by atoms with Crippen molar-refractivity contribution in [1.29, 1.82) is 0 Å². The molecule has 0 bridgehead atoms. The van der Waals surface area contributed by atoms with Gasteiger partial charge < -0.3 is 9.47 Å². The van der Waals surface area contributed by atoms with Crippen LogP contribution in [0.2, 0.25) is 0 Å². The Labute approximate surface area is 156 Å². The van der Waals surface area contributed by atoms with E-state index in [1.165, 1.54) is 6.92 Å². The van der Waals surface area contributed by atoms with Crippen molar-refractivity contribution in [3.05, 3.63) is 11.3 Å². The van der Waals surface area contributed by atoms with E-state index >= 15 is 0 Å². The number of carbonyl (C=O) groups is 2. The fraction of sp³-hybridized carbons (Fsp3) is 0.765. The summed E-state index contributed by atoms with van der Waals surface area (Å²) in [5.74, 6) is -0.740. The van der Waals surface area contributed by atoms with Gasteiger partial charge in [-0.1, -0.05) is 33.1 Å². The van der Waals surface area contributed by atoms with Crippen LogP contribution in [-0.2, 0) is 24.6 Å². The summed E-state index contributed by atoms with van der Waals surface area (Å²) in [4.78, 5) is 24.4. The number of esters is 1. The SMILES string of the molecule is CCCCCCOC(=O)C(C)=C(CC)N(C(=O)OC(C)(C)C)S(=O)(=O)O. The first-order chi connectivity index (χ1) is 11.8. The van der Waals surface area contributed by atoms with E-state index in [4.69, 9.17) is 9.47 Å². The van der Waals surface area contributed by atoms with Crippen LogP contribution >= 0.6 is 0 Å². The number of allylic oxidation sites excluding steroid dienone is 1. The monoisotopic (exact) mass is 393 g/mol. The summed E-state index contributed by atoms with van der Waals surface area (Å²) in [6.45, 7) is 9.82. The van der Waals surface area contributed by atoms with E-state index in [2.05, 4.69) is 6.92 Å². The molecule has 0 aliphatic rings. The number of rotatable bonds is 9. The van der Waals surface area contributed by atoms with Crippen LogP contribution in [0.15, 0.2) is 11.3 Å². The van der Waals surface area contributed by atoms with Crippen molar-refractivity contribution in [3.63, 3.8) is 0 Å². The Morgan fingerprint density at radius 1 is 1.08 bits per heavy atom. The lowest BCUT2D eigenvalue weighted by molar-refractivity contribution is -0.139. The number of amides is 1. The maximum Gasteiger partial charge on any atom is 0.430 e. The third kappa shape index (κ3) is 8.66. The predicted octanol–water partition coefficient (Wildman–Crippen LogP) is 3.83. The molecule has 0 radical (unpaired) electrons. The smallest absolute Gasteiger partial charge is 0.430 e. The standard InChI is InChI=1S/C17H31NO7S/c1-7-9-10-11-12-24-15(19)13(3)14(8-2)18(26(21,22)23)16(20)25-17(4,5)6/h7-12H2,1-6H3,(H,21,22,23). The molecule has 9 heteroatoms. The second-order valence-electron chi connectivity index (χ2n) is 6.84. The highest BCUT2D eigenvalue weighted by molar-refractivity contribution is 7.84. The van der Waals surface area contributed by atoms with Gasteiger partial charge in [0.25, 0.3) is 0 Å². The lowest BCUT2D eigenvalue weighted by Crippen LogP contribution is -2.40. The molecule has 1 amide bonds. The van der Waals surface area contributed by atoms with Crippen molar-refractivity contribution in [2.24, 2.45) is 0 Å². The molecule has 0 aliphatic heterocycles. The molecule has 0 rings (SSSR count). The van der Waals surface area contributed by atoms with Crippen LogP contribution < -0.4 is 0 Å². The molecule has 0 saturated heterocycles. The maximum atomic E-state index is 12.2. The highest BCUT2D eigenvalue weighted by Gasteiger charge is 2.35. The summed E-state index contributed by atoms with van der Waals surface area (Å²) in [6, 6.07) is 0. The third-order valence-corrected chi connectivity index (χ3v) is 4.17. The third-order valence-electron chi connectivity index (χ3n) is 3.34. The summed E-state index contributed by atoms with van der Waals surface area (Å²) in [5, 5.41) is 0. The fourth-order valence-corrected chi connectivity index (χ4v) is 2.90. The number of nitrogens with zero attached hydrogens (tertiary/aromatic N) is 1. The molecule has 26 heavy (non-hydrogen) atoms. The summed E-state index contributed by atoms with van der Waals surface area (Å²) >= 11 is 0. The van der Waals surface area contributed by atoms with Gasteiger partial charge in [-0.3, -0.25) is 4.55 Å². The molecule has 0 aromatic heterocycles. The average Bonchev–Trinajstić information content (AvgIpc) is 2.48. The van der Waals surface area contributed by atoms with Crippen LogP contribution in [0, 0.1) is 0 Å². The lowest BCUT2D eigenvalue weighted by atomic mass is 10.2. The predicted molar refractivity (Wildman–Crippen MR) is 97.7 cm³/mol. The summed E-state index contributed by atoms with van der Waals surface area (Å²) in [6.07, 6.45) is 2.40. The Morgan fingerprint density at radius 2 is 1.65 bits per heavy atom. The molecular weight excluding hydrogens is 362 g/mol.